The predicted octanol–water partition coefficient (Wildman–Crippen LogP) is 1.88. The minimum absolute atomic E-state index is 0.0539. The van der Waals surface area contributed by atoms with Crippen molar-refractivity contribution < 1.29 is 18.7 Å². The minimum atomic E-state index is -0.422. The maximum Gasteiger partial charge on any atom is 0.339 e. The van der Waals surface area contributed by atoms with Gasteiger partial charge in [-0.2, -0.15) is 0 Å². The molecule has 2 aromatic heterocycles. The number of methoxy groups -OCH3 is 1. The topological polar surface area (TPSA) is 72.4 Å². The Kier molecular flexibility index (Phi) is 5.25. The molecule has 0 bridgehead atoms. The molecule has 0 aliphatic carbocycles. The van der Waals surface area contributed by atoms with E-state index in [4.69, 9.17) is 4.74 Å². The van der Waals surface area contributed by atoms with Gasteiger partial charge in [-0.3, -0.25) is 14.8 Å². The van der Waals surface area contributed by atoms with Gasteiger partial charge in [0.15, 0.2) is 0 Å². The molecule has 0 fully saturated rings. The van der Waals surface area contributed by atoms with Crippen LogP contribution in [0.1, 0.15) is 33.0 Å². The van der Waals surface area contributed by atoms with Gasteiger partial charge >= 0.3 is 5.97 Å². The first-order valence-electron chi connectivity index (χ1n) is 8.44. The average molecular weight is 357 g/mol. The summed E-state index contributed by atoms with van der Waals surface area (Å²) in [4.78, 5) is 34.6. The molecular weight excluding hydrogens is 337 g/mol. The maximum absolute atomic E-state index is 12.9. The highest BCUT2D eigenvalue weighted by Gasteiger charge is 2.22. The van der Waals surface area contributed by atoms with E-state index in [1.165, 1.54) is 19.2 Å². The molecule has 0 atom stereocenters. The number of esters is 1. The van der Waals surface area contributed by atoms with E-state index in [-0.39, 0.29) is 12.3 Å². The van der Waals surface area contributed by atoms with E-state index in [9.17, 15) is 14.0 Å². The van der Waals surface area contributed by atoms with Crippen LogP contribution in [0.5, 0.6) is 0 Å². The van der Waals surface area contributed by atoms with Crippen LogP contribution >= 0.6 is 0 Å². The Balaban J connectivity index is 1.72. The van der Waals surface area contributed by atoms with Gasteiger partial charge in [-0.05, 0) is 37.1 Å². The van der Waals surface area contributed by atoms with E-state index >= 15 is 0 Å². The Morgan fingerprint density at radius 1 is 1.27 bits per heavy atom. The molecule has 3 rings (SSSR count). The van der Waals surface area contributed by atoms with Crippen LogP contribution in [0.4, 0.5) is 4.39 Å². The zero-order chi connectivity index (χ0) is 18.7. The Morgan fingerprint density at radius 2 is 2.04 bits per heavy atom. The van der Waals surface area contributed by atoms with Gasteiger partial charge in [0, 0.05) is 30.9 Å². The summed E-state index contributed by atoms with van der Waals surface area (Å²) in [6, 6.07) is 4.64. The third kappa shape index (κ3) is 3.87. The summed E-state index contributed by atoms with van der Waals surface area (Å²) in [5, 5.41) is 0. The third-order valence-electron chi connectivity index (χ3n) is 4.53. The smallest absolute Gasteiger partial charge is 0.339 e. The minimum Gasteiger partial charge on any atom is -0.465 e. The molecule has 7 heteroatoms. The van der Waals surface area contributed by atoms with Crippen molar-refractivity contribution in [3.63, 3.8) is 0 Å². The molecule has 26 heavy (non-hydrogen) atoms. The Morgan fingerprint density at radius 3 is 2.73 bits per heavy atom. The Labute approximate surface area is 151 Å². The van der Waals surface area contributed by atoms with E-state index in [1.54, 1.807) is 11.8 Å². The number of carbonyl (C=O) groups is 2. The number of pyridine rings is 2. The van der Waals surface area contributed by atoms with Crippen LogP contribution in [0, 0.1) is 12.7 Å². The van der Waals surface area contributed by atoms with Crippen LogP contribution in [-0.4, -0.2) is 46.9 Å². The summed E-state index contributed by atoms with van der Waals surface area (Å²) in [7, 11) is 1.34. The fourth-order valence-corrected chi connectivity index (χ4v) is 3.08. The molecule has 3 heterocycles. The number of hydrogen-bond acceptors (Lipinski definition) is 5. The molecule has 0 aromatic carbocycles. The number of carbonyl (C=O) groups excluding carboxylic acids is 2. The van der Waals surface area contributed by atoms with Gasteiger partial charge in [0.1, 0.15) is 5.82 Å². The lowest BCUT2D eigenvalue weighted by Gasteiger charge is -2.19. The number of halogens is 1. The van der Waals surface area contributed by atoms with Gasteiger partial charge in [-0.15, -0.1) is 0 Å². The van der Waals surface area contributed by atoms with Gasteiger partial charge in [0.05, 0.1) is 31.0 Å². The highest BCUT2D eigenvalue weighted by molar-refractivity contribution is 5.90. The Hall–Kier alpha value is -2.83. The quantitative estimate of drug-likeness (QED) is 0.785. The lowest BCUT2D eigenvalue weighted by molar-refractivity contribution is -0.130. The van der Waals surface area contributed by atoms with Crippen molar-refractivity contribution in [3.05, 3.63) is 58.4 Å². The summed E-state index contributed by atoms with van der Waals surface area (Å²) >= 11 is 0. The van der Waals surface area contributed by atoms with Gasteiger partial charge in [0.2, 0.25) is 5.91 Å². The predicted molar refractivity (Wildman–Crippen MR) is 92.2 cm³/mol. The molecule has 0 spiro atoms. The van der Waals surface area contributed by atoms with Crippen molar-refractivity contribution in [2.24, 2.45) is 0 Å². The number of nitrogens with zero attached hydrogens (tertiary/aromatic N) is 3. The van der Waals surface area contributed by atoms with Crippen LogP contribution in [0.15, 0.2) is 24.4 Å². The molecule has 0 N–H and O–H groups in total. The largest absolute Gasteiger partial charge is 0.465 e. The SMILES string of the molecule is COC(=O)c1cc2c(nc1C)CCN(C(=O)Cc1ccc(F)cn1)CC2. The standard InChI is InChI=1S/C19H20FN3O3/c1-12-16(19(25)26-2)9-13-5-7-23(8-6-17(13)22-12)18(24)10-15-4-3-14(20)11-21-15/h3-4,9,11H,5-8,10H2,1-2H3. The first-order chi connectivity index (χ1) is 12.5. The molecule has 2 aromatic rings. The van der Waals surface area contributed by atoms with Gasteiger partial charge in [-0.25, -0.2) is 9.18 Å². The summed E-state index contributed by atoms with van der Waals surface area (Å²) in [5.74, 6) is -0.881. The summed E-state index contributed by atoms with van der Waals surface area (Å²) in [6.45, 7) is 2.87. The van der Waals surface area contributed by atoms with Crippen molar-refractivity contribution in [3.8, 4) is 0 Å². The highest BCUT2D eigenvalue weighted by atomic mass is 19.1. The number of ether oxygens (including phenoxy) is 1. The molecule has 1 aliphatic rings. The number of fused-ring (bicyclic) bond motifs is 1. The average Bonchev–Trinajstić information content (AvgIpc) is 2.84. The van der Waals surface area contributed by atoms with Crippen LogP contribution in [0.3, 0.4) is 0 Å². The summed E-state index contributed by atoms with van der Waals surface area (Å²) in [6.07, 6.45) is 2.49. The second-order valence-corrected chi connectivity index (χ2v) is 6.24. The van der Waals surface area contributed by atoms with Crippen molar-refractivity contribution in [2.45, 2.75) is 26.2 Å². The van der Waals surface area contributed by atoms with E-state index in [0.717, 1.165) is 17.5 Å². The van der Waals surface area contributed by atoms with Gasteiger partial charge < -0.3 is 9.64 Å². The van der Waals surface area contributed by atoms with E-state index in [1.807, 2.05) is 6.07 Å². The number of aromatic nitrogens is 2. The zero-order valence-corrected chi connectivity index (χ0v) is 14.8. The van der Waals surface area contributed by atoms with Crippen LogP contribution in [-0.2, 0) is 28.8 Å². The number of rotatable bonds is 3. The second-order valence-electron chi connectivity index (χ2n) is 6.24. The molecule has 0 saturated heterocycles. The molecule has 0 radical (unpaired) electrons. The lowest BCUT2D eigenvalue weighted by atomic mass is 10.0. The second kappa shape index (κ2) is 7.59. The number of hydrogen-bond donors (Lipinski definition) is 0. The van der Waals surface area contributed by atoms with Crippen LogP contribution in [0.2, 0.25) is 0 Å². The summed E-state index contributed by atoms with van der Waals surface area (Å²) in [5.41, 5.74) is 3.50. The van der Waals surface area contributed by atoms with Crippen LogP contribution < -0.4 is 0 Å². The monoisotopic (exact) mass is 357 g/mol. The van der Waals surface area contributed by atoms with E-state index < -0.39 is 11.8 Å². The van der Waals surface area contributed by atoms with Crippen LogP contribution in [0.25, 0.3) is 0 Å². The van der Waals surface area contributed by atoms with E-state index in [0.29, 0.717) is 42.9 Å². The number of amides is 1. The lowest BCUT2D eigenvalue weighted by Crippen LogP contribution is -2.34. The zero-order valence-electron chi connectivity index (χ0n) is 14.8. The van der Waals surface area contributed by atoms with Crippen molar-refractivity contribution >= 4 is 11.9 Å². The van der Waals surface area contributed by atoms with Crippen molar-refractivity contribution in [1.82, 2.24) is 14.9 Å². The molecule has 136 valence electrons. The molecule has 0 saturated carbocycles. The summed E-state index contributed by atoms with van der Waals surface area (Å²) < 4.78 is 17.7. The molecule has 0 unspecified atom stereocenters. The number of aryl methyl sites for hydroxylation is 1. The first-order valence-corrected chi connectivity index (χ1v) is 8.44. The Bertz CT molecular complexity index is 837. The van der Waals surface area contributed by atoms with E-state index in [2.05, 4.69) is 9.97 Å². The normalized spacial score (nSPS) is 13.7. The van der Waals surface area contributed by atoms with Gasteiger partial charge in [-0.1, -0.05) is 0 Å². The maximum atomic E-state index is 12.9. The molecular formula is C19H20FN3O3. The molecule has 1 amide bonds. The third-order valence-corrected chi connectivity index (χ3v) is 4.53. The molecule has 1 aliphatic heterocycles. The fourth-order valence-electron chi connectivity index (χ4n) is 3.08. The van der Waals surface area contributed by atoms with Gasteiger partial charge in [0.25, 0.3) is 0 Å². The molecule has 6 nitrogen and oxygen atoms in total. The first kappa shape index (κ1) is 18.0. The highest BCUT2D eigenvalue weighted by Crippen LogP contribution is 2.19. The van der Waals surface area contributed by atoms with Crippen molar-refractivity contribution in [2.75, 3.05) is 20.2 Å². The van der Waals surface area contributed by atoms with Crippen molar-refractivity contribution in [1.29, 1.82) is 0 Å². The fraction of sp³-hybridized carbons (Fsp3) is 0.368.